The molecule has 6 unspecified atom stereocenters. The first-order chi connectivity index (χ1) is 25.1. The number of hydrogen-bond donors (Lipinski definition) is 1. The van der Waals surface area contributed by atoms with E-state index in [0.29, 0.717) is 27.4 Å². The second-order valence-corrected chi connectivity index (χ2v) is 13.9. The Labute approximate surface area is 303 Å². The van der Waals surface area contributed by atoms with E-state index in [1.807, 2.05) is 24.3 Å². The monoisotopic (exact) mass is 717 g/mol. The molecule has 0 spiro atoms. The number of fused-ring (bicyclic) bond motifs is 4. The van der Waals surface area contributed by atoms with Gasteiger partial charge in [0.15, 0.2) is 11.5 Å². The first kappa shape index (κ1) is 33.3. The third-order valence-electron chi connectivity index (χ3n) is 11.1. The average Bonchev–Trinajstić information content (AvgIpc) is 3.53. The first-order valence-corrected chi connectivity index (χ1v) is 17.4. The lowest BCUT2D eigenvalue weighted by Gasteiger charge is -2.50. The lowest BCUT2D eigenvalue weighted by Crippen LogP contribution is -2.53. The number of nitro groups is 1. The van der Waals surface area contributed by atoms with Gasteiger partial charge in [0.1, 0.15) is 0 Å². The smallest absolute Gasteiger partial charge is 0.269 e. The second-order valence-electron chi connectivity index (χ2n) is 13.5. The number of carbonyl (C=O) groups is 4. The van der Waals surface area contributed by atoms with Crippen LogP contribution in [-0.2, 0) is 24.6 Å². The van der Waals surface area contributed by atoms with Gasteiger partial charge in [-0.05, 0) is 67.6 Å². The van der Waals surface area contributed by atoms with Crippen LogP contribution in [0.5, 0.6) is 11.5 Å². The number of anilines is 2. The predicted molar refractivity (Wildman–Crippen MR) is 191 cm³/mol. The third-order valence-corrected chi connectivity index (χ3v) is 11.4. The molecular weight excluding hydrogens is 686 g/mol. The molecule has 8 rings (SSSR count). The molecule has 2 heterocycles. The van der Waals surface area contributed by atoms with Crippen LogP contribution in [0.15, 0.2) is 109 Å². The fourth-order valence-corrected chi connectivity index (χ4v) is 9.29. The van der Waals surface area contributed by atoms with Crippen LogP contribution in [0.1, 0.15) is 36.8 Å². The number of nitro benzene ring substituents is 1. The van der Waals surface area contributed by atoms with Crippen molar-refractivity contribution in [2.75, 3.05) is 16.4 Å². The number of ether oxygens (including phenoxy) is 1. The number of rotatable bonds is 7. The van der Waals surface area contributed by atoms with E-state index in [9.17, 15) is 29.6 Å². The Morgan fingerprint density at radius 1 is 0.865 bits per heavy atom. The summed E-state index contributed by atoms with van der Waals surface area (Å²) in [5, 5.41) is 23.5. The zero-order valence-electron chi connectivity index (χ0n) is 27.8. The molecule has 1 N–H and O–H groups in total. The number of hydrogen-bond acceptors (Lipinski definition) is 8. The third kappa shape index (κ3) is 4.72. The summed E-state index contributed by atoms with van der Waals surface area (Å²) in [5.74, 6) is -6.16. The highest BCUT2D eigenvalue weighted by Gasteiger charge is 2.70. The molecule has 4 amide bonds. The summed E-state index contributed by atoms with van der Waals surface area (Å²) in [4.78, 5) is 71.8. The maximum atomic E-state index is 15.4. The Hall–Kier alpha value is -5.81. The van der Waals surface area contributed by atoms with Gasteiger partial charge in [0.25, 0.3) is 5.69 Å². The quantitative estimate of drug-likeness (QED) is 0.0960. The van der Waals surface area contributed by atoms with Crippen LogP contribution in [0.3, 0.4) is 0 Å². The van der Waals surface area contributed by atoms with Crippen molar-refractivity contribution in [3.05, 3.63) is 135 Å². The molecule has 4 aromatic rings. The standard InChI is InChI=1S/C40H32ClN3O8/c1-2-52-32-13-7-12-29(35(32)45)34-27-18-19-28-33(38(48)42(36(28)46)24-14-16-25(17-15-24)44(50)51)30(27)21-31-37(47)43(26-11-6-10-23(41)20-26)39(49)40(31,34)22-8-4-3-5-9-22/h3-18,20,28,30-31,33-34,45H,2,19,21H2,1H3. The zero-order valence-corrected chi connectivity index (χ0v) is 28.6. The van der Waals surface area contributed by atoms with Gasteiger partial charge in [-0.1, -0.05) is 71.8 Å². The van der Waals surface area contributed by atoms with Gasteiger partial charge < -0.3 is 9.84 Å². The highest BCUT2D eigenvalue weighted by Crippen LogP contribution is 2.65. The number of para-hydroxylation sites is 1. The lowest BCUT2D eigenvalue weighted by atomic mass is 9.49. The van der Waals surface area contributed by atoms with E-state index in [0.717, 1.165) is 4.90 Å². The number of phenolic OH excluding ortho intramolecular Hbond substituents is 1. The topological polar surface area (TPSA) is 147 Å². The zero-order chi connectivity index (χ0) is 36.5. The minimum atomic E-state index is -1.57. The normalized spacial score (nSPS) is 26.5. The summed E-state index contributed by atoms with van der Waals surface area (Å²) in [6, 6.07) is 25.8. The average molecular weight is 718 g/mol. The molecule has 4 aliphatic rings. The van der Waals surface area contributed by atoms with E-state index in [-0.39, 0.29) is 42.3 Å². The van der Waals surface area contributed by atoms with Gasteiger partial charge in [-0.3, -0.25) is 34.2 Å². The summed E-state index contributed by atoms with van der Waals surface area (Å²) < 4.78 is 5.80. The minimum absolute atomic E-state index is 0.0685. The van der Waals surface area contributed by atoms with Gasteiger partial charge in [0, 0.05) is 28.6 Å². The van der Waals surface area contributed by atoms with Crippen molar-refractivity contribution in [1.29, 1.82) is 0 Å². The Kier molecular flexibility index (Phi) is 7.98. The number of amides is 4. The lowest BCUT2D eigenvalue weighted by molar-refractivity contribution is -0.384. The Balaban J connectivity index is 1.34. The fourth-order valence-electron chi connectivity index (χ4n) is 9.11. The van der Waals surface area contributed by atoms with Crippen LogP contribution in [0.4, 0.5) is 17.1 Å². The van der Waals surface area contributed by atoms with Crippen LogP contribution in [0.25, 0.3) is 0 Å². The Bertz CT molecular complexity index is 2210. The second kappa shape index (κ2) is 12.4. The number of carbonyl (C=O) groups excluding carboxylic acids is 4. The van der Waals surface area contributed by atoms with Gasteiger partial charge >= 0.3 is 0 Å². The minimum Gasteiger partial charge on any atom is -0.504 e. The van der Waals surface area contributed by atoms with E-state index < -0.39 is 63.6 Å². The van der Waals surface area contributed by atoms with Crippen molar-refractivity contribution in [2.45, 2.75) is 31.1 Å². The number of phenols is 1. The summed E-state index contributed by atoms with van der Waals surface area (Å²) in [6.45, 7) is 2.05. The molecule has 0 bridgehead atoms. The maximum absolute atomic E-state index is 15.4. The molecule has 52 heavy (non-hydrogen) atoms. The summed E-state index contributed by atoms with van der Waals surface area (Å²) in [5.41, 5.74) is 0.352. The van der Waals surface area contributed by atoms with Crippen molar-refractivity contribution in [2.24, 2.45) is 23.7 Å². The fraction of sp³-hybridized carbons (Fsp3) is 0.250. The van der Waals surface area contributed by atoms with Crippen LogP contribution >= 0.6 is 11.6 Å². The molecule has 4 aromatic carbocycles. The van der Waals surface area contributed by atoms with E-state index in [4.69, 9.17) is 16.3 Å². The molecule has 1 saturated carbocycles. The molecule has 2 saturated heterocycles. The molecule has 0 aromatic heterocycles. The number of nitrogens with zero attached hydrogens (tertiary/aromatic N) is 3. The molecule has 11 nitrogen and oxygen atoms in total. The van der Waals surface area contributed by atoms with Gasteiger partial charge in [-0.2, -0.15) is 0 Å². The highest BCUT2D eigenvalue weighted by atomic mass is 35.5. The molecule has 262 valence electrons. The summed E-state index contributed by atoms with van der Waals surface area (Å²) in [7, 11) is 0. The molecule has 2 aliphatic carbocycles. The van der Waals surface area contributed by atoms with Crippen molar-refractivity contribution in [1.82, 2.24) is 0 Å². The largest absolute Gasteiger partial charge is 0.504 e. The van der Waals surface area contributed by atoms with E-state index in [2.05, 4.69) is 0 Å². The summed E-state index contributed by atoms with van der Waals surface area (Å²) in [6.07, 6.45) is 2.14. The Morgan fingerprint density at radius 2 is 1.60 bits per heavy atom. The first-order valence-electron chi connectivity index (χ1n) is 17.1. The molecule has 2 aliphatic heterocycles. The number of allylic oxidation sites excluding steroid dienone is 2. The predicted octanol–water partition coefficient (Wildman–Crippen LogP) is 6.72. The van der Waals surface area contributed by atoms with Gasteiger partial charge in [-0.25, -0.2) is 4.90 Å². The number of aromatic hydroxyl groups is 1. The number of imide groups is 2. The Morgan fingerprint density at radius 3 is 2.29 bits per heavy atom. The van der Waals surface area contributed by atoms with Crippen molar-refractivity contribution in [3.8, 4) is 11.5 Å². The van der Waals surface area contributed by atoms with Crippen molar-refractivity contribution >= 4 is 52.3 Å². The van der Waals surface area contributed by atoms with E-state index in [1.54, 1.807) is 61.5 Å². The van der Waals surface area contributed by atoms with Crippen molar-refractivity contribution < 1.29 is 33.9 Å². The molecule has 3 fully saturated rings. The van der Waals surface area contributed by atoms with Crippen molar-refractivity contribution in [3.63, 3.8) is 0 Å². The van der Waals surface area contributed by atoms with Gasteiger partial charge in [-0.15, -0.1) is 0 Å². The molecule has 12 heteroatoms. The van der Waals surface area contributed by atoms with Crippen LogP contribution < -0.4 is 14.5 Å². The van der Waals surface area contributed by atoms with E-state index in [1.165, 1.54) is 29.2 Å². The van der Waals surface area contributed by atoms with Gasteiger partial charge in [0.05, 0.1) is 46.1 Å². The van der Waals surface area contributed by atoms with Crippen LogP contribution in [0.2, 0.25) is 5.02 Å². The molecule has 6 atom stereocenters. The highest BCUT2D eigenvalue weighted by molar-refractivity contribution is 6.32. The maximum Gasteiger partial charge on any atom is 0.269 e. The molecule has 0 radical (unpaired) electrons. The number of halogens is 1. The number of benzene rings is 4. The van der Waals surface area contributed by atoms with E-state index >= 15 is 4.79 Å². The van der Waals surface area contributed by atoms with Gasteiger partial charge in [0.2, 0.25) is 23.6 Å². The van der Waals surface area contributed by atoms with Crippen LogP contribution in [0, 0.1) is 33.8 Å². The number of non-ortho nitro benzene ring substituents is 1. The SMILES string of the molecule is CCOc1cccc(C2C3=CCC4C(=O)N(c5ccc([N+](=O)[O-])cc5)C(=O)C4C3CC3C(=O)N(c4cccc(Cl)c4)C(=O)C32c2ccccc2)c1O. The molecular formula is C40H32ClN3O8. The van der Waals surface area contributed by atoms with Crippen LogP contribution in [-0.4, -0.2) is 40.3 Å². The summed E-state index contributed by atoms with van der Waals surface area (Å²) >= 11 is 6.38.